The van der Waals surface area contributed by atoms with Gasteiger partial charge in [-0.05, 0) is 12.1 Å². The third-order valence-electron chi connectivity index (χ3n) is 3.05. The first-order valence-electron chi connectivity index (χ1n) is 5.85. The highest BCUT2D eigenvalue weighted by Crippen LogP contribution is 2.36. The number of hydrogen-bond donors (Lipinski definition) is 0. The molecule has 0 radical (unpaired) electrons. The van der Waals surface area contributed by atoms with Crippen LogP contribution in [0.2, 0.25) is 0 Å². The van der Waals surface area contributed by atoms with Crippen molar-refractivity contribution in [2.45, 2.75) is 11.3 Å². The molecule has 2 aliphatic rings. The van der Waals surface area contributed by atoms with Gasteiger partial charge in [0.2, 0.25) is 0 Å². The van der Waals surface area contributed by atoms with Gasteiger partial charge >= 0.3 is 0 Å². The number of benzene rings is 1. The molecule has 1 aliphatic heterocycles. The molecule has 0 N–H and O–H groups in total. The minimum absolute atomic E-state index is 0.294. The summed E-state index contributed by atoms with van der Waals surface area (Å²) in [6.07, 6.45) is 8.56. The zero-order valence-electron chi connectivity index (χ0n) is 9.48. The van der Waals surface area contributed by atoms with Crippen LogP contribution in [0.4, 0.5) is 0 Å². The summed E-state index contributed by atoms with van der Waals surface area (Å²) in [4.78, 5) is 9.44. The van der Waals surface area contributed by atoms with E-state index in [1.807, 2.05) is 17.8 Å². The van der Waals surface area contributed by atoms with Gasteiger partial charge in [0, 0.05) is 0 Å². The summed E-state index contributed by atoms with van der Waals surface area (Å²) in [7, 11) is 0. The molecule has 1 aromatic heterocycles. The van der Waals surface area contributed by atoms with Crippen LogP contribution < -0.4 is 0 Å². The molecule has 2 heterocycles. The van der Waals surface area contributed by atoms with E-state index in [9.17, 15) is 0 Å². The Bertz CT molecular complexity index is 664. The van der Waals surface area contributed by atoms with Gasteiger partial charge in [0.15, 0.2) is 0 Å². The quantitative estimate of drug-likeness (QED) is 0.790. The molecular weight excluding hydrogens is 260 g/mol. The maximum Gasteiger partial charge on any atom is 0.149 e. The first kappa shape index (κ1) is 10.5. The number of nitrogens with zero attached hydrogens (tertiary/aromatic N) is 2. The van der Waals surface area contributed by atoms with Crippen LogP contribution in [0.3, 0.4) is 0 Å². The normalized spacial score (nSPS) is 25.4. The largest absolute Gasteiger partial charge is 0.266 e. The number of aromatic nitrogens is 1. The summed E-state index contributed by atoms with van der Waals surface area (Å²) in [5.41, 5.74) is 1.07. The Morgan fingerprint density at radius 3 is 2.83 bits per heavy atom. The second-order valence-electron chi connectivity index (χ2n) is 4.26. The maximum atomic E-state index is 4.77. The smallest absolute Gasteiger partial charge is 0.149 e. The molecule has 2 aromatic rings. The molecular formula is C14H10N2S2. The molecule has 4 rings (SSSR count). The monoisotopic (exact) mass is 270 g/mol. The Kier molecular flexibility index (Phi) is 2.38. The molecule has 2 nitrogen and oxygen atoms in total. The Hall–Kier alpha value is -1.39. The van der Waals surface area contributed by atoms with Gasteiger partial charge in [0.05, 0.1) is 21.5 Å². The van der Waals surface area contributed by atoms with Crippen LogP contribution in [-0.2, 0) is 0 Å². The van der Waals surface area contributed by atoms with E-state index in [0.29, 0.717) is 11.3 Å². The highest BCUT2D eigenvalue weighted by atomic mass is 32.2. The summed E-state index contributed by atoms with van der Waals surface area (Å²) in [6.45, 7) is 0. The topological polar surface area (TPSA) is 25.2 Å². The minimum Gasteiger partial charge on any atom is -0.266 e. The number of thioether (sulfide) groups is 1. The molecule has 4 heteroatoms. The Balaban J connectivity index is 1.75. The van der Waals surface area contributed by atoms with E-state index < -0.39 is 0 Å². The van der Waals surface area contributed by atoms with Gasteiger partial charge in [0.1, 0.15) is 10.1 Å². The van der Waals surface area contributed by atoms with Crippen molar-refractivity contribution in [1.29, 1.82) is 0 Å². The number of aliphatic imine (C=N–C) groups is 1. The lowest BCUT2D eigenvalue weighted by Gasteiger charge is -2.10. The summed E-state index contributed by atoms with van der Waals surface area (Å²) in [5.74, 6) is 0. The van der Waals surface area contributed by atoms with E-state index >= 15 is 0 Å². The molecule has 0 bridgehead atoms. The van der Waals surface area contributed by atoms with E-state index in [2.05, 4.69) is 47.5 Å². The summed E-state index contributed by atoms with van der Waals surface area (Å²) in [5, 5.41) is 2.59. The van der Waals surface area contributed by atoms with Crippen molar-refractivity contribution in [3.05, 3.63) is 53.6 Å². The van der Waals surface area contributed by atoms with Crippen molar-refractivity contribution in [2.75, 3.05) is 0 Å². The van der Waals surface area contributed by atoms with Crippen molar-refractivity contribution in [2.24, 2.45) is 4.99 Å². The average Bonchev–Trinajstić information content (AvgIpc) is 3.02. The molecule has 88 valence electrons. The zero-order valence-corrected chi connectivity index (χ0v) is 11.1. The number of fused-ring (bicyclic) bond motifs is 2. The molecule has 0 spiro atoms. The first-order valence-corrected chi connectivity index (χ1v) is 7.55. The van der Waals surface area contributed by atoms with Crippen LogP contribution in [0.5, 0.6) is 0 Å². The molecule has 0 fully saturated rings. The third kappa shape index (κ3) is 1.64. The average molecular weight is 270 g/mol. The van der Waals surface area contributed by atoms with Crippen molar-refractivity contribution in [3.63, 3.8) is 0 Å². The fraction of sp³-hybridized carbons (Fsp3) is 0.143. The van der Waals surface area contributed by atoms with Gasteiger partial charge in [-0.1, -0.05) is 48.2 Å². The lowest BCUT2D eigenvalue weighted by Crippen LogP contribution is -2.13. The Morgan fingerprint density at radius 1 is 1.06 bits per heavy atom. The van der Waals surface area contributed by atoms with Crippen LogP contribution >= 0.6 is 23.1 Å². The van der Waals surface area contributed by atoms with Crippen LogP contribution in [0.1, 0.15) is 5.01 Å². The number of thiazole rings is 1. The Labute approximate surface area is 113 Å². The fourth-order valence-corrected chi connectivity index (χ4v) is 4.34. The van der Waals surface area contributed by atoms with Crippen molar-refractivity contribution >= 4 is 38.4 Å². The maximum absolute atomic E-state index is 4.77. The van der Waals surface area contributed by atoms with E-state index in [0.717, 1.165) is 15.6 Å². The van der Waals surface area contributed by atoms with Crippen LogP contribution in [0.25, 0.3) is 10.2 Å². The molecule has 2 unspecified atom stereocenters. The van der Waals surface area contributed by atoms with Gasteiger partial charge in [0.25, 0.3) is 0 Å². The molecule has 1 aromatic carbocycles. The van der Waals surface area contributed by atoms with Gasteiger partial charge in [-0.15, -0.1) is 11.3 Å². The van der Waals surface area contributed by atoms with Gasteiger partial charge in [-0.2, -0.15) is 0 Å². The second kappa shape index (κ2) is 4.07. The van der Waals surface area contributed by atoms with Crippen LogP contribution in [-0.4, -0.2) is 21.3 Å². The number of para-hydroxylation sites is 1. The highest BCUT2D eigenvalue weighted by Gasteiger charge is 2.29. The van der Waals surface area contributed by atoms with E-state index in [1.54, 1.807) is 11.3 Å². The van der Waals surface area contributed by atoms with Gasteiger partial charge in [-0.3, -0.25) is 4.99 Å². The predicted molar refractivity (Wildman–Crippen MR) is 79.6 cm³/mol. The second-order valence-corrected chi connectivity index (χ2v) is 6.46. The van der Waals surface area contributed by atoms with Crippen LogP contribution in [0, 0.1) is 0 Å². The zero-order chi connectivity index (χ0) is 11.9. The number of rotatable bonds is 1. The third-order valence-corrected chi connectivity index (χ3v) is 5.45. The SMILES string of the molecule is C1=CC2N=C(c3nc4ccccc4s3)SC2C=C1. The van der Waals surface area contributed by atoms with E-state index in [4.69, 9.17) is 4.99 Å². The van der Waals surface area contributed by atoms with E-state index in [-0.39, 0.29) is 0 Å². The molecule has 18 heavy (non-hydrogen) atoms. The van der Waals surface area contributed by atoms with Crippen molar-refractivity contribution in [3.8, 4) is 0 Å². The first-order chi connectivity index (χ1) is 8.90. The van der Waals surface area contributed by atoms with Gasteiger partial charge < -0.3 is 0 Å². The summed E-state index contributed by atoms with van der Waals surface area (Å²) >= 11 is 3.55. The van der Waals surface area contributed by atoms with Crippen molar-refractivity contribution in [1.82, 2.24) is 4.98 Å². The molecule has 0 saturated carbocycles. The minimum atomic E-state index is 0.294. The van der Waals surface area contributed by atoms with E-state index in [1.165, 1.54) is 4.70 Å². The predicted octanol–water partition coefficient (Wildman–Crippen LogP) is 3.65. The lowest BCUT2D eigenvalue weighted by molar-refractivity contribution is 0.862. The highest BCUT2D eigenvalue weighted by molar-refractivity contribution is 8.15. The van der Waals surface area contributed by atoms with Gasteiger partial charge in [-0.25, -0.2) is 4.98 Å². The molecule has 2 atom stereocenters. The standard InChI is InChI=1S/C14H10N2S2/c1-3-7-11-9(5-1)15-13(17-11)14-16-10-6-2-4-8-12(10)18-14/h1-9,11H. The number of hydrogen-bond acceptors (Lipinski definition) is 4. The molecule has 1 aliphatic carbocycles. The number of allylic oxidation sites excluding steroid dienone is 2. The molecule has 0 saturated heterocycles. The van der Waals surface area contributed by atoms with Crippen LogP contribution in [0.15, 0.2) is 53.6 Å². The lowest BCUT2D eigenvalue weighted by atomic mass is 10.1. The molecule has 0 amide bonds. The Morgan fingerprint density at radius 2 is 1.94 bits per heavy atom. The fourth-order valence-electron chi connectivity index (χ4n) is 2.16. The summed E-state index contributed by atoms with van der Waals surface area (Å²) in [6, 6.07) is 8.55. The van der Waals surface area contributed by atoms with Crippen molar-refractivity contribution < 1.29 is 0 Å². The summed E-state index contributed by atoms with van der Waals surface area (Å²) < 4.78 is 1.23.